The predicted molar refractivity (Wildman–Crippen MR) is 105 cm³/mol. The van der Waals surface area contributed by atoms with Crippen LogP contribution in [0.15, 0.2) is 42.5 Å². The van der Waals surface area contributed by atoms with Crippen molar-refractivity contribution in [2.45, 2.75) is 26.3 Å². The molecule has 0 aliphatic carbocycles. The lowest BCUT2D eigenvalue weighted by molar-refractivity contribution is -0.121. The second kappa shape index (κ2) is 8.12. The van der Waals surface area contributed by atoms with E-state index in [0.29, 0.717) is 11.5 Å². The second-order valence-corrected chi connectivity index (χ2v) is 6.78. The van der Waals surface area contributed by atoms with Crippen LogP contribution < -0.4 is 14.8 Å². The third-order valence-electron chi connectivity index (χ3n) is 4.53. The first-order valence-corrected chi connectivity index (χ1v) is 8.96. The molecule has 2 aromatic carbocycles. The number of carbonyl (C=O) groups is 1. The number of ether oxygens (including phenoxy) is 2. The highest BCUT2D eigenvalue weighted by Gasteiger charge is 2.22. The summed E-state index contributed by atoms with van der Waals surface area (Å²) in [7, 11) is 3.18. The SMILES string of the molecule is COc1ccc(CC(=O)NC(c2nc3ccccc3[nH]2)C(C)C)c(OC)c1. The van der Waals surface area contributed by atoms with Gasteiger partial charge in [0.1, 0.15) is 17.3 Å². The van der Waals surface area contributed by atoms with Crippen molar-refractivity contribution in [1.82, 2.24) is 15.3 Å². The molecule has 6 heteroatoms. The van der Waals surface area contributed by atoms with Crippen LogP contribution in [0, 0.1) is 5.92 Å². The summed E-state index contributed by atoms with van der Waals surface area (Å²) in [5.74, 6) is 2.19. The summed E-state index contributed by atoms with van der Waals surface area (Å²) in [5.41, 5.74) is 2.66. The Morgan fingerprint density at radius 2 is 1.93 bits per heavy atom. The molecule has 1 unspecified atom stereocenters. The molecule has 2 N–H and O–H groups in total. The number of fused-ring (bicyclic) bond motifs is 1. The summed E-state index contributed by atoms with van der Waals surface area (Å²) in [5, 5.41) is 3.10. The van der Waals surface area contributed by atoms with E-state index < -0.39 is 0 Å². The molecule has 27 heavy (non-hydrogen) atoms. The number of hydrogen-bond donors (Lipinski definition) is 2. The first kappa shape index (κ1) is 18.8. The molecule has 0 aliphatic rings. The quantitative estimate of drug-likeness (QED) is 0.668. The third-order valence-corrected chi connectivity index (χ3v) is 4.53. The van der Waals surface area contributed by atoms with Crippen LogP contribution in [-0.4, -0.2) is 30.1 Å². The summed E-state index contributed by atoms with van der Waals surface area (Å²) in [6, 6.07) is 13.1. The van der Waals surface area contributed by atoms with E-state index in [1.807, 2.05) is 36.4 Å². The smallest absolute Gasteiger partial charge is 0.225 e. The van der Waals surface area contributed by atoms with Gasteiger partial charge >= 0.3 is 0 Å². The molecule has 1 heterocycles. The van der Waals surface area contributed by atoms with Gasteiger partial charge in [0.2, 0.25) is 5.91 Å². The van der Waals surface area contributed by atoms with Gasteiger partial charge in [-0.05, 0) is 24.1 Å². The number of methoxy groups -OCH3 is 2. The molecule has 1 atom stereocenters. The Hall–Kier alpha value is -3.02. The standard InChI is InChI=1S/C21H25N3O3/c1-13(2)20(21-22-16-7-5-6-8-17(16)23-21)24-19(25)11-14-9-10-15(26-3)12-18(14)27-4/h5-10,12-13,20H,11H2,1-4H3,(H,22,23)(H,24,25). The number of para-hydroxylation sites is 2. The van der Waals surface area contributed by atoms with E-state index in [-0.39, 0.29) is 24.3 Å². The first-order chi connectivity index (χ1) is 13.0. The van der Waals surface area contributed by atoms with E-state index in [0.717, 1.165) is 22.4 Å². The number of amides is 1. The average molecular weight is 367 g/mol. The van der Waals surface area contributed by atoms with Gasteiger partial charge in [-0.1, -0.05) is 32.0 Å². The average Bonchev–Trinajstić information content (AvgIpc) is 3.09. The van der Waals surface area contributed by atoms with Gasteiger partial charge in [-0.15, -0.1) is 0 Å². The Balaban J connectivity index is 1.78. The van der Waals surface area contributed by atoms with Gasteiger partial charge in [-0.3, -0.25) is 4.79 Å². The fourth-order valence-electron chi connectivity index (χ4n) is 3.07. The highest BCUT2D eigenvalue weighted by atomic mass is 16.5. The van der Waals surface area contributed by atoms with Gasteiger partial charge < -0.3 is 19.8 Å². The second-order valence-electron chi connectivity index (χ2n) is 6.78. The minimum Gasteiger partial charge on any atom is -0.497 e. The number of nitrogens with one attached hydrogen (secondary N) is 2. The maximum Gasteiger partial charge on any atom is 0.225 e. The van der Waals surface area contributed by atoms with Crippen LogP contribution in [0.25, 0.3) is 11.0 Å². The van der Waals surface area contributed by atoms with Crippen molar-refractivity contribution in [3.8, 4) is 11.5 Å². The topological polar surface area (TPSA) is 76.2 Å². The maximum atomic E-state index is 12.7. The van der Waals surface area contributed by atoms with Crippen molar-refractivity contribution in [1.29, 1.82) is 0 Å². The lowest BCUT2D eigenvalue weighted by atomic mass is 10.0. The number of aromatic nitrogens is 2. The minimum atomic E-state index is -0.200. The van der Waals surface area contributed by atoms with Crippen LogP contribution in [0.5, 0.6) is 11.5 Å². The summed E-state index contributed by atoms with van der Waals surface area (Å²) in [6.07, 6.45) is 0.219. The summed E-state index contributed by atoms with van der Waals surface area (Å²) in [4.78, 5) is 20.7. The normalized spacial score (nSPS) is 12.2. The molecule has 0 fully saturated rings. The Morgan fingerprint density at radius 3 is 2.59 bits per heavy atom. The third kappa shape index (κ3) is 4.22. The lowest BCUT2D eigenvalue weighted by Gasteiger charge is -2.20. The summed E-state index contributed by atoms with van der Waals surface area (Å²) >= 11 is 0. The van der Waals surface area contributed by atoms with Crippen molar-refractivity contribution in [2.24, 2.45) is 5.92 Å². The van der Waals surface area contributed by atoms with Gasteiger partial charge in [0.25, 0.3) is 0 Å². The number of hydrogen-bond acceptors (Lipinski definition) is 4. The molecule has 142 valence electrons. The van der Waals surface area contributed by atoms with Crippen molar-refractivity contribution < 1.29 is 14.3 Å². The molecule has 0 bridgehead atoms. The molecule has 3 rings (SSSR count). The van der Waals surface area contributed by atoms with Gasteiger partial charge in [0.05, 0.1) is 37.7 Å². The van der Waals surface area contributed by atoms with Gasteiger partial charge in [0, 0.05) is 11.6 Å². The van der Waals surface area contributed by atoms with Crippen LogP contribution in [-0.2, 0) is 11.2 Å². The van der Waals surface area contributed by atoms with Crippen molar-refractivity contribution in [3.05, 3.63) is 53.9 Å². The Bertz CT molecular complexity index is 900. The van der Waals surface area contributed by atoms with E-state index in [1.165, 1.54) is 0 Å². The number of imidazole rings is 1. The first-order valence-electron chi connectivity index (χ1n) is 8.96. The van der Waals surface area contributed by atoms with Crippen LogP contribution in [0.3, 0.4) is 0 Å². The number of carbonyl (C=O) groups excluding carboxylic acids is 1. The Morgan fingerprint density at radius 1 is 1.15 bits per heavy atom. The number of rotatable bonds is 7. The predicted octanol–water partition coefficient (Wildman–Crippen LogP) is 3.64. The zero-order valence-corrected chi connectivity index (χ0v) is 16.1. The van der Waals surface area contributed by atoms with E-state index >= 15 is 0 Å². The van der Waals surface area contributed by atoms with Crippen molar-refractivity contribution >= 4 is 16.9 Å². The minimum absolute atomic E-state index is 0.0855. The molecular weight excluding hydrogens is 342 g/mol. The number of benzene rings is 2. The number of aromatic amines is 1. The van der Waals surface area contributed by atoms with Crippen LogP contribution >= 0.6 is 0 Å². The Labute approximate surface area is 158 Å². The van der Waals surface area contributed by atoms with Crippen molar-refractivity contribution in [2.75, 3.05) is 14.2 Å². The lowest BCUT2D eigenvalue weighted by Crippen LogP contribution is -2.33. The molecule has 0 aliphatic heterocycles. The molecule has 3 aromatic rings. The molecule has 0 radical (unpaired) electrons. The molecule has 6 nitrogen and oxygen atoms in total. The van der Waals surface area contributed by atoms with Gasteiger partial charge in [-0.2, -0.15) is 0 Å². The largest absolute Gasteiger partial charge is 0.497 e. The van der Waals surface area contributed by atoms with E-state index in [9.17, 15) is 4.79 Å². The Kier molecular flexibility index (Phi) is 5.64. The van der Waals surface area contributed by atoms with Crippen molar-refractivity contribution in [3.63, 3.8) is 0 Å². The molecule has 1 aromatic heterocycles. The van der Waals surface area contributed by atoms with Crippen LogP contribution in [0.1, 0.15) is 31.3 Å². The molecule has 0 saturated carbocycles. The zero-order valence-electron chi connectivity index (χ0n) is 16.1. The number of nitrogens with zero attached hydrogens (tertiary/aromatic N) is 1. The highest BCUT2D eigenvalue weighted by Crippen LogP contribution is 2.26. The highest BCUT2D eigenvalue weighted by molar-refractivity contribution is 5.80. The monoisotopic (exact) mass is 367 g/mol. The maximum absolute atomic E-state index is 12.7. The van der Waals surface area contributed by atoms with Crippen LogP contribution in [0.2, 0.25) is 0 Å². The molecule has 0 saturated heterocycles. The zero-order chi connectivity index (χ0) is 19.4. The summed E-state index contributed by atoms with van der Waals surface area (Å²) < 4.78 is 10.6. The fourth-order valence-corrected chi connectivity index (χ4v) is 3.07. The molecular formula is C21H25N3O3. The molecule has 1 amide bonds. The number of H-pyrrole nitrogens is 1. The van der Waals surface area contributed by atoms with E-state index in [1.54, 1.807) is 20.3 Å². The van der Waals surface area contributed by atoms with E-state index in [2.05, 4.69) is 29.1 Å². The van der Waals surface area contributed by atoms with E-state index in [4.69, 9.17) is 9.47 Å². The summed E-state index contributed by atoms with van der Waals surface area (Å²) in [6.45, 7) is 4.12. The molecule has 0 spiro atoms. The van der Waals surface area contributed by atoms with Crippen LogP contribution in [0.4, 0.5) is 0 Å². The van der Waals surface area contributed by atoms with Gasteiger partial charge in [-0.25, -0.2) is 4.98 Å². The van der Waals surface area contributed by atoms with Gasteiger partial charge in [0.15, 0.2) is 0 Å². The fraction of sp³-hybridized carbons (Fsp3) is 0.333.